The molecule has 3 heteroatoms. The zero-order valence-electron chi connectivity index (χ0n) is 12.0. The quantitative estimate of drug-likeness (QED) is 0.713. The smallest absolute Gasteiger partial charge is 0.135 e. The molecule has 18 heavy (non-hydrogen) atoms. The fraction of sp³-hybridized carbons (Fsp3) is 0.600. The predicted octanol–water partition coefficient (Wildman–Crippen LogP) is 4.10. The van der Waals surface area contributed by atoms with Crippen LogP contribution in [0, 0.1) is 11.3 Å². The Bertz CT molecular complexity index is 383. The molecule has 0 aliphatic heterocycles. The van der Waals surface area contributed by atoms with Crippen LogP contribution in [0.25, 0.3) is 0 Å². The molecule has 1 aromatic heterocycles. The second-order valence-electron chi connectivity index (χ2n) is 4.78. The van der Waals surface area contributed by atoms with Gasteiger partial charge in [-0.2, -0.15) is 0 Å². The van der Waals surface area contributed by atoms with Crippen LogP contribution in [0.1, 0.15) is 52.5 Å². The second-order valence-corrected chi connectivity index (χ2v) is 4.78. The van der Waals surface area contributed by atoms with Crippen molar-refractivity contribution in [2.24, 2.45) is 5.92 Å². The minimum absolute atomic E-state index is 0.274. The van der Waals surface area contributed by atoms with E-state index < -0.39 is 0 Å². The van der Waals surface area contributed by atoms with Crippen LogP contribution in [0.15, 0.2) is 18.3 Å². The van der Waals surface area contributed by atoms with E-state index in [0.717, 1.165) is 30.6 Å². The van der Waals surface area contributed by atoms with Crippen LogP contribution in [0.2, 0.25) is 0 Å². The molecule has 0 saturated carbocycles. The number of nitrogens with one attached hydrogen (secondary N) is 2. The molecule has 2 N–H and O–H groups in total. The molecule has 1 unspecified atom stereocenters. The van der Waals surface area contributed by atoms with Crippen LogP contribution in [0.3, 0.4) is 0 Å². The van der Waals surface area contributed by atoms with Gasteiger partial charge in [0.15, 0.2) is 0 Å². The van der Waals surface area contributed by atoms with Gasteiger partial charge < -0.3 is 10.7 Å². The molecule has 1 atom stereocenters. The normalized spacial score (nSPS) is 12.5. The first kappa shape index (κ1) is 14.7. The highest BCUT2D eigenvalue weighted by atomic mass is 15.0. The van der Waals surface area contributed by atoms with Gasteiger partial charge in [0.2, 0.25) is 0 Å². The lowest BCUT2D eigenvalue weighted by molar-refractivity contribution is 0.667. The van der Waals surface area contributed by atoms with Gasteiger partial charge in [0.25, 0.3) is 0 Å². The molecular formula is C15H25N3. The van der Waals surface area contributed by atoms with Crippen molar-refractivity contribution in [3.63, 3.8) is 0 Å². The van der Waals surface area contributed by atoms with Crippen LogP contribution >= 0.6 is 0 Å². The molecule has 1 rings (SSSR count). The van der Waals surface area contributed by atoms with Crippen LogP contribution < -0.4 is 5.32 Å². The Hall–Kier alpha value is -1.38. The van der Waals surface area contributed by atoms with Crippen LogP contribution in [-0.4, -0.2) is 16.7 Å². The second kappa shape index (κ2) is 7.14. The average Bonchev–Trinajstić information content (AvgIpc) is 2.43. The van der Waals surface area contributed by atoms with E-state index in [9.17, 15) is 0 Å². The summed E-state index contributed by atoms with van der Waals surface area (Å²) >= 11 is 0. The molecule has 0 bridgehead atoms. The van der Waals surface area contributed by atoms with Gasteiger partial charge >= 0.3 is 0 Å². The highest BCUT2D eigenvalue weighted by molar-refractivity contribution is 6.03. The van der Waals surface area contributed by atoms with E-state index in [2.05, 4.69) is 38.0 Å². The summed E-state index contributed by atoms with van der Waals surface area (Å²) in [5, 5.41) is 11.7. The monoisotopic (exact) mass is 247 g/mol. The first-order valence-electron chi connectivity index (χ1n) is 6.94. The SMILES string of the molecule is CCC(CC)Nc1ncccc1C(=N)C(C)CC. The minimum Gasteiger partial charge on any atom is -0.367 e. The van der Waals surface area contributed by atoms with Gasteiger partial charge in [-0.15, -0.1) is 0 Å². The van der Waals surface area contributed by atoms with Crippen molar-refractivity contribution in [3.05, 3.63) is 23.9 Å². The number of pyridine rings is 1. The van der Waals surface area contributed by atoms with Crippen LogP contribution in [-0.2, 0) is 0 Å². The fourth-order valence-corrected chi connectivity index (χ4v) is 1.89. The Balaban J connectivity index is 2.95. The highest BCUT2D eigenvalue weighted by Crippen LogP contribution is 2.19. The summed E-state index contributed by atoms with van der Waals surface area (Å²) in [7, 11) is 0. The molecule has 1 heterocycles. The third-order valence-corrected chi connectivity index (χ3v) is 3.53. The summed E-state index contributed by atoms with van der Waals surface area (Å²) < 4.78 is 0. The van der Waals surface area contributed by atoms with Gasteiger partial charge in [0.1, 0.15) is 5.82 Å². The highest BCUT2D eigenvalue weighted by Gasteiger charge is 2.15. The van der Waals surface area contributed by atoms with E-state index in [1.807, 2.05) is 12.1 Å². The molecule has 0 aliphatic carbocycles. The lowest BCUT2D eigenvalue weighted by Crippen LogP contribution is -2.21. The Labute approximate surface area is 111 Å². The summed E-state index contributed by atoms with van der Waals surface area (Å²) in [6, 6.07) is 4.33. The van der Waals surface area contributed by atoms with Crippen LogP contribution in [0.4, 0.5) is 5.82 Å². The maximum absolute atomic E-state index is 8.25. The first-order valence-corrected chi connectivity index (χ1v) is 6.94. The Kier molecular flexibility index (Phi) is 5.83. The number of rotatable bonds is 7. The van der Waals surface area contributed by atoms with E-state index in [-0.39, 0.29) is 5.92 Å². The number of hydrogen-bond acceptors (Lipinski definition) is 3. The van der Waals surface area contributed by atoms with E-state index in [4.69, 9.17) is 5.41 Å². The molecule has 0 saturated heterocycles. The van der Waals surface area contributed by atoms with E-state index in [1.165, 1.54) is 0 Å². The predicted molar refractivity (Wildman–Crippen MR) is 78.5 cm³/mol. The maximum atomic E-state index is 8.25. The van der Waals surface area contributed by atoms with Gasteiger partial charge in [-0.3, -0.25) is 0 Å². The Morgan fingerprint density at radius 3 is 2.50 bits per heavy atom. The zero-order valence-corrected chi connectivity index (χ0v) is 12.0. The molecule has 3 nitrogen and oxygen atoms in total. The topological polar surface area (TPSA) is 48.8 Å². The van der Waals surface area contributed by atoms with Gasteiger partial charge in [0.05, 0.1) is 0 Å². The molecule has 0 spiro atoms. The molecule has 0 fully saturated rings. The lowest BCUT2D eigenvalue weighted by atomic mass is 9.96. The summed E-state index contributed by atoms with van der Waals surface area (Å²) in [6.45, 7) is 8.55. The minimum atomic E-state index is 0.274. The van der Waals surface area contributed by atoms with Crippen molar-refractivity contribution < 1.29 is 0 Å². The standard InChI is InChI=1S/C15H25N3/c1-5-11(4)14(16)13-9-8-10-17-15(13)18-12(6-2)7-3/h8-12,16H,5-7H2,1-4H3,(H,17,18). The molecule has 100 valence electrons. The van der Waals surface area contributed by atoms with Crippen molar-refractivity contribution >= 4 is 11.5 Å². The van der Waals surface area contributed by atoms with Crippen molar-refractivity contribution in [2.45, 2.75) is 53.0 Å². The van der Waals surface area contributed by atoms with E-state index >= 15 is 0 Å². The summed E-state index contributed by atoms with van der Waals surface area (Å²) in [5.74, 6) is 1.13. The van der Waals surface area contributed by atoms with Crippen molar-refractivity contribution in [2.75, 3.05) is 5.32 Å². The number of hydrogen-bond donors (Lipinski definition) is 2. The zero-order chi connectivity index (χ0) is 13.5. The summed E-state index contributed by atoms with van der Waals surface area (Å²) in [4.78, 5) is 4.40. The molecule has 1 aromatic rings. The Morgan fingerprint density at radius 1 is 1.28 bits per heavy atom. The Morgan fingerprint density at radius 2 is 1.94 bits per heavy atom. The van der Waals surface area contributed by atoms with Crippen molar-refractivity contribution in [3.8, 4) is 0 Å². The third kappa shape index (κ3) is 3.56. The van der Waals surface area contributed by atoms with E-state index in [0.29, 0.717) is 11.8 Å². The summed E-state index contributed by atoms with van der Waals surface area (Å²) in [6.07, 6.45) is 4.92. The van der Waals surface area contributed by atoms with Crippen LogP contribution in [0.5, 0.6) is 0 Å². The van der Waals surface area contributed by atoms with Crippen molar-refractivity contribution in [1.82, 2.24) is 4.98 Å². The first-order chi connectivity index (χ1) is 8.63. The molecule has 0 aromatic carbocycles. The molecule has 0 amide bonds. The number of anilines is 1. The maximum Gasteiger partial charge on any atom is 0.135 e. The van der Waals surface area contributed by atoms with Gasteiger partial charge in [-0.25, -0.2) is 4.98 Å². The lowest BCUT2D eigenvalue weighted by Gasteiger charge is -2.19. The van der Waals surface area contributed by atoms with Crippen molar-refractivity contribution in [1.29, 1.82) is 5.41 Å². The largest absolute Gasteiger partial charge is 0.367 e. The fourth-order valence-electron chi connectivity index (χ4n) is 1.89. The van der Waals surface area contributed by atoms with Gasteiger partial charge in [-0.1, -0.05) is 27.7 Å². The van der Waals surface area contributed by atoms with Gasteiger partial charge in [0, 0.05) is 23.5 Å². The third-order valence-electron chi connectivity index (χ3n) is 3.53. The molecule has 0 radical (unpaired) electrons. The van der Waals surface area contributed by atoms with E-state index in [1.54, 1.807) is 6.20 Å². The number of nitrogens with zero attached hydrogens (tertiary/aromatic N) is 1. The van der Waals surface area contributed by atoms with Gasteiger partial charge in [-0.05, 0) is 37.3 Å². The summed E-state index contributed by atoms with van der Waals surface area (Å²) in [5.41, 5.74) is 1.62. The molecule has 0 aliphatic rings. The number of aromatic nitrogens is 1. The molecular weight excluding hydrogens is 222 g/mol. The average molecular weight is 247 g/mol.